The number of sulfonamides is 1. The van der Waals surface area contributed by atoms with Gasteiger partial charge in [0.15, 0.2) is 6.07 Å². The van der Waals surface area contributed by atoms with Crippen molar-refractivity contribution in [3.05, 3.63) is 35.7 Å². The maximum atomic E-state index is 12.5. The van der Waals surface area contributed by atoms with Gasteiger partial charge in [0.25, 0.3) is 10.0 Å². The van der Waals surface area contributed by atoms with Crippen molar-refractivity contribution in [1.29, 1.82) is 0 Å². The molecule has 2 aromatic rings. The van der Waals surface area contributed by atoms with Gasteiger partial charge in [-0.05, 0) is 19.1 Å². The molecule has 11 nitrogen and oxygen atoms in total. The minimum Gasteiger partial charge on any atom is -0.467 e. The number of hydrogen-bond donors (Lipinski definition) is 2. The van der Waals surface area contributed by atoms with E-state index in [9.17, 15) is 18.0 Å². The Kier molecular flexibility index (Phi) is 6.47. The second-order valence-electron chi connectivity index (χ2n) is 4.79. The van der Waals surface area contributed by atoms with E-state index in [1.54, 1.807) is 4.72 Å². The van der Waals surface area contributed by atoms with E-state index in [1.807, 2.05) is 0 Å². The number of anilines is 1. The maximum absolute atomic E-state index is 12.5. The molecule has 0 radical (unpaired) electrons. The van der Waals surface area contributed by atoms with Gasteiger partial charge < -0.3 is 9.47 Å². The molecule has 1 heterocycles. The quantitative estimate of drug-likeness (QED) is 0.521. The summed E-state index contributed by atoms with van der Waals surface area (Å²) in [4.78, 5) is 34.9. The van der Waals surface area contributed by atoms with Crippen molar-refractivity contribution in [2.75, 3.05) is 18.5 Å². The van der Waals surface area contributed by atoms with Crippen LogP contribution in [0.1, 0.15) is 16.2 Å². The van der Waals surface area contributed by atoms with Crippen molar-refractivity contribution >= 4 is 39.6 Å². The minimum atomic E-state index is -4.41. The lowest BCUT2D eigenvalue weighted by Crippen LogP contribution is -2.35. The van der Waals surface area contributed by atoms with E-state index in [4.69, 9.17) is 16.3 Å². The van der Waals surface area contributed by atoms with E-state index in [-0.39, 0.29) is 23.3 Å². The fraction of sp³-hybridized carbons (Fsp3) is 0.214. The number of amides is 2. The molecule has 2 N–H and O–H groups in total. The molecular weight excluding hydrogens is 402 g/mol. The first-order valence-electron chi connectivity index (χ1n) is 7.19. The van der Waals surface area contributed by atoms with E-state index in [1.165, 1.54) is 32.2 Å². The van der Waals surface area contributed by atoms with Crippen LogP contribution >= 0.6 is 11.6 Å². The van der Waals surface area contributed by atoms with Crippen LogP contribution in [-0.2, 0) is 14.8 Å². The summed E-state index contributed by atoms with van der Waals surface area (Å²) in [6.07, 6.45) is 0. The number of nitrogens with one attached hydrogen (secondary N) is 2. The topological polar surface area (TPSA) is 149 Å². The lowest BCUT2D eigenvalue weighted by atomic mass is 10.2. The number of hydrogen-bond acceptors (Lipinski definition) is 9. The maximum Gasteiger partial charge on any atom is 0.340 e. The summed E-state index contributed by atoms with van der Waals surface area (Å²) in [5, 5.41) is 2.15. The van der Waals surface area contributed by atoms with Crippen LogP contribution in [0.2, 0.25) is 0 Å². The Bertz CT molecular complexity index is 968. The van der Waals surface area contributed by atoms with Crippen LogP contribution in [0.15, 0.2) is 29.2 Å². The number of urea groups is 1. The summed E-state index contributed by atoms with van der Waals surface area (Å²) in [5.74, 6) is -0.930. The molecule has 0 aliphatic carbocycles. The predicted molar refractivity (Wildman–Crippen MR) is 93.0 cm³/mol. The number of halogens is 1. The number of rotatable bonds is 6. The lowest BCUT2D eigenvalue weighted by molar-refractivity contribution is 0.0569. The van der Waals surface area contributed by atoms with Gasteiger partial charge in [-0.25, -0.2) is 22.7 Å². The summed E-state index contributed by atoms with van der Waals surface area (Å²) in [5.41, 5.74) is -0.281. The first kappa shape index (κ1) is 20.3. The average molecular weight is 416 g/mol. The fourth-order valence-electron chi connectivity index (χ4n) is 1.91. The summed E-state index contributed by atoms with van der Waals surface area (Å²) in [7, 11) is -3.09. The minimum absolute atomic E-state index is 0.0603. The molecule has 2 amide bonds. The molecule has 144 valence electrons. The van der Waals surface area contributed by atoms with Crippen LogP contribution in [-0.4, -0.2) is 48.5 Å². The highest BCUT2D eigenvalue weighted by atomic mass is 35.5. The Morgan fingerprint density at radius 1 is 1.19 bits per heavy atom. The number of alkyl halides is 1. The summed E-state index contributed by atoms with van der Waals surface area (Å²) in [6.45, 7) is 1.53. The van der Waals surface area contributed by atoms with Gasteiger partial charge in [-0.15, -0.1) is 0 Å². The smallest absolute Gasteiger partial charge is 0.340 e. The molecule has 0 aliphatic heterocycles. The number of nitrogens with zero attached hydrogens (tertiary/aromatic N) is 3. The number of ether oxygens (including phenoxy) is 2. The zero-order valence-electron chi connectivity index (χ0n) is 14.1. The van der Waals surface area contributed by atoms with E-state index in [0.717, 1.165) is 6.07 Å². The van der Waals surface area contributed by atoms with Crippen molar-refractivity contribution in [3.8, 4) is 6.01 Å². The normalized spacial score (nSPS) is 10.8. The number of carbonyl (C=O) groups is 2. The zero-order valence-corrected chi connectivity index (χ0v) is 15.7. The molecule has 1 aromatic carbocycles. The molecule has 13 heteroatoms. The first-order chi connectivity index (χ1) is 12.8. The van der Waals surface area contributed by atoms with E-state index in [0.29, 0.717) is 0 Å². The van der Waals surface area contributed by atoms with Crippen LogP contribution in [0.25, 0.3) is 0 Å². The second kappa shape index (κ2) is 8.60. The van der Waals surface area contributed by atoms with Crippen molar-refractivity contribution in [1.82, 2.24) is 19.7 Å². The van der Waals surface area contributed by atoms with E-state index < -0.39 is 33.0 Å². The Labute approximate surface area is 159 Å². The molecule has 0 atom stereocenters. The highest BCUT2D eigenvalue weighted by Crippen LogP contribution is 2.17. The number of aryl methyl sites for hydroxylation is 1. The highest BCUT2D eigenvalue weighted by Gasteiger charge is 2.25. The van der Waals surface area contributed by atoms with Crippen LogP contribution in [0, 0.1) is 6.92 Å². The highest BCUT2D eigenvalue weighted by molar-refractivity contribution is 7.90. The van der Waals surface area contributed by atoms with Gasteiger partial charge in [0.2, 0.25) is 5.95 Å². The summed E-state index contributed by atoms with van der Waals surface area (Å²) in [6, 6.07) is 3.51. The number of benzene rings is 1. The molecule has 0 saturated carbocycles. The number of carbonyl (C=O) groups excluding carboxylic acids is 2. The van der Waals surface area contributed by atoms with Crippen molar-refractivity contribution in [3.63, 3.8) is 0 Å². The van der Waals surface area contributed by atoms with Crippen LogP contribution in [0.5, 0.6) is 6.01 Å². The summed E-state index contributed by atoms with van der Waals surface area (Å²) >= 11 is 5.32. The average Bonchev–Trinajstić information content (AvgIpc) is 2.60. The third-order valence-corrected chi connectivity index (χ3v) is 4.44. The van der Waals surface area contributed by atoms with Gasteiger partial charge in [-0.2, -0.15) is 15.0 Å². The number of aromatic nitrogens is 3. The molecule has 0 fully saturated rings. The number of methoxy groups -OCH3 is 1. The predicted octanol–water partition coefficient (Wildman–Crippen LogP) is 1.05. The van der Waals surface area contributed by atoms with Gasteiger partial charge in [-0.1, -0.05) is 23.7 Å². The molecule has 0 spiro atoms. The van der Waals surface area contributed by atoms with Crippen molar-refractivity contribution in [2.24, 2.45) is 0 Å². The monoisotopic (exact) mass is 415 g/mol. The van der Waals surface area contributed by atoms with Gasteiger partial charge in [0.1, 0.15) is 10.7 Å². The van der Waals surface area contributed by atoms with Gasteiger partial charge in [0, 0.05) is 0 Å². The molecular formula is C14H14ClN5O6S. The van der Waals surface area contributed by atoms with Crippen molar-refractivity contribution in [2.45, 2.75) is 11.8 Å². The molecule has 2 rings (SSSR count). The van der Waals surface area contributed by atoms with Crippen molar-refractivity contribution < 1.29 is 27.5 Å². The van der Waals surface area contributed by atoms with Crippen LogP contribution in [0.3, 0.4) is 0 Å². The number of esters is 1. The molecule has 0 aliphatic rings. The van der Waals surface area contributed by atoms with Crippen LogP contribution < -0.4 is 14.8 Å². The standard InChI is InChI=1S/C14H14ClN5O6S/c1-8-16-12(19-14(17-8)25-2)18-13(22)20-27(23,24)10-6-4-3-5-9(10)11(21)26-7-15/h3-6H,7H2,1-2H3,(H2,16,17,18,19,20,22). The molecule has 1 aromatic heterocycles. The van der Waals surface area contributed by atoms with Gasteiger partial charge in [0.05, 0.1) is 12.7 Å². The summed E-state index contributed by atoms with van der Waals surface area (Å²) < 4.78 is 36.1. The van der Waals surface area contributed by atoms with E-state index in [2.05, 4.69) is 25.0 Å². The largest absolute Gasteiger partial charge is 0.467 e. The second-order valence-corrected chi connectivity index (χ2v) is 6.66. The van der Waals surface area contributed by atoms with Gasteiger partial charge in [-0.3, -0.25) is 5.32 Å². The third-order valence-electron chi connectivity index (χ3n) is 2.94. The fourth-order valence-corrected chi connectivity index (χ4v) is 3.11. The lowest BCUT2D eigenvalue weighted by Gasteiger charge is -2.11. The van der Waals surface area contributed by atoms with Crippen LogP contribution in [0.4, 0.5) is 10.7 Å². The first-order valence-corrected chi connectivity index (χ1v) is 9.21. The Morgan fingerprint density at radius 2 is 1.89 bits per heavy atom. The Balaban J connectivity index is 2.23. The Morgan fingerprint density at radius 3 is 2.56 bits per heavy atom. The molecule has 0 bridgehead atoms. The SMILES string of the molecule is COc1nc(C)nc(NC(=O)NS(=O)(=O)c2ccccc2C(=O)OCCl)n1. The van der Waals surface area contributed by atoms with E-state index >= 15 is 0 Å². The molecule has 0 saturated heterocycles. The third kappa shape index (κ3) is 5.24. The Hall–Kier alpha value is -2.99. The van der Waals surface area contributed by atoms with Gasteiger partial charge >= 0.3 is 18.0 Å². The zero-order chi connectivity index (χ0) is 20.0. The molecule has 27 heavy (non-hydrogen) atoms. The molecule has 0 unspecified atom stereocenters.